The molecule has 0 aliphatic heterocycles. The Labute approximate surface area is 338 Å². The van der Waals surface area contributed by atoms with Crippen molar-refractivity contribution in [2.45, 2.75) is 174 Å². The van der Waals surface area contributed by atoms with E-state index in [9.17, 15) is 28.9 Å². The first-order valence-electron chi connectivity index (χ1n) is 21.2. The summed E-state index contributed by atoms with van der Waals surface area (Å²) in [4.78, 5) is 47.1. The summed E-state index contributed by atoms with van der Waals surface area (Å²) >= 11 is 0. The molecule has 0 fully saturated rings. The Morgan fingerprint density at radius 2 is 1.11 bits per heavy atom. The third kappa shape index (κ3) is 38.2. The fourth-order valence-electron chi connectivity index (χ4n) is 5.29. The second-order valence-corrected chi connectivity index (χ2v) is 15.5. The number of aliphatic hydroxyl groups is 2. The van der Waals surface area contributed by atoms with Crippen LogP contribution in [0.3, 0.4) is 0 Å². The van der Waals surface area contributed by atoms with Gasteiger partial charge in [-0.1, -0.05) is 133 Å². The van der Waals surface area contributed by atoms with Gasteiger partial charge in [-0.2, -0.15) is 0 Å². The minimum atomic E-state index is -4.67. The molecule has 0 heterocycles. The molecule has 56 heavy (non-hydrogen) atoms. The van der Waals surface area contributed by atoms with E-state index < -0.39 is 58.4 Å². The highest BCUT2D eigenvalue weighted by Crippen LogP contribution is 2.43. The Kier molecular flexibility index (Phi) is 37.3. The van der Waals surface area contributed by atoms with Crippen LogP contribution in [0.15, 0.2) is 60.8 Å². The van der Waals surface area contributed by atoms with Gasteiger partial charge in [0.05, 0.1) is 19.8 Å². The predicted octanol–water partition coefficient (Wildman–Crippen LogP) is 10.3. The van der Waals surface area contributed by atoms with Crippen LogP contribution in [-0.2, 0) is 37.5 Å². The highest BCUT2D eigenvalue weighted by molar-refractivity contribution is 7.47. The second-order valence-electron chi connectivity index (χ2n) is 14.0. The maximum atomic E-state index is 12.6. The lowest BCUT2D eigenvalue weighted by Crippen LogP contribution is -2.29. The first kappa shape index (κ1) is 53.3. The minimum absolute atomic E-state index is 0.0503. The zero-order valence-corrected chi connectivity index (χ0v) is 35.5. The van der Waals surface area contributed by atoms with E-state index in [2.05, 4.69) is 54.8 Å². The van der Waals surface area contributed by atoms with Crippen molar-refractivity contribution >= 4 is 25.5 Å². The van der Waals surface area contributed by atoms with E-state index >= 15 is 0 Å². The summed E-state index contributed by atoms with van der Waals surface area (Å²) in [7, 11) is -4.67. The molecule has 0 rings (SSSR count). The first-order valence-corrected chi connectivity index (χ1v) is 22.7. The number of aliphatic hydroxyl groups excluding tert-OH is 2. The van der Waals surface area contributed by atoms with Crippen LogP contribution in [0.4, 0.5) is 0 Å². The summed E-state index contributed by atoms with van der Waals surface area (Å²) in [6.45, 7) is 2.04. The molecule has 3 N–H and O–H groups in total. The van der Waals surface area contributed by atoms with Gasteiger partial charge in [0.25, 0.3) is 0 Å². The molecule has 0 bridgehead atoms. The van der Waals surface area contributed by atoms with E-state index in [1.54, 1.807) is 6.08 Å². The maximum Gasteiger partial charge on any atom is 0.472 e. The Morgan fingerprint density at radius 1 is 0.589 bits per heavy atom. The fourth-order valence-corrected chi connectivity index (χ4v) is 6.08. The number of carbonyl (C=O) groups excluding carboxylic acids is 3. The lowest BCUT2D eigenvalue weighted by Gasteiger charge is -2.20. The van der Waals surface area contributed by atoms with Gasteiger partial charge in [0, 0.05) is 19.3 Å². The van der Waals surface area contributed by atoms with E-state index in [-0.39, 0.29) is 31.5 Å². The highest BCUT2D eigenvalue weighted by atomic mass is 31.2. The zero-order valence-electron chi connectivity index (χ0n) is 34.6. The van der Waals surface area contributed by atoms with Gasteiger partial charge in [-0.15, -0.1) is 0 Å². The molecule has 1 unspecified atom stereocenters. The number of ketones is 1. The molecule has 0 aromatic heterocycles. The molecule has 0 radical (unpaired) electrons. The molecule has 0 saturated heterocycles. The van der Waals surface area contributed by atoms with Gasteiger partial charge in [0.15, 0.2) is 11.9 Å². The molecule has 0 aromatic carbocycles. The van der Waals surface area contributed by atoms with Crippen molar-refractivity contribution in [3.05, 3.63) is 60.8 Å². The van der Waals surface area contributed by atoms with Crippen molar-refractivity contribution in [3.63, 3.8) is 0 Å². The molecule has 12 heteroatoms. The number of rotatable bonds is 39. The number of hydrogen-bond donors (Lipinski definition) is 3. The summed E-state index contributed by atoms with van der Waals surface area (Å²) in [5.74, 6) is -1.32. The monoisotopic (exact) mass is 811 g/mol. The van der Waals surface area contributed by atoms with Crippen LogP contribution in [0.2, 0.25) is 0 Å². The number of phosphoric acid groups is 1. The summed E-state index contributed by atoms with van der Waals surface area (Å²) in [6, 6.07) is 0. The molecule has 3 atom stereocenters. The molecule has 0 spiro atoms. The number of carbonyl (C=O) groups is 3. The minimum Gasteiger partial charge on any atom is -0.462 e. The molecule has 11 nitrogen and oxygen atoms in total. The quantitative estimate of drug-likeness (QED) is 0.0135. The van der Waals surface area contributed by atoms with Crippen LogP contribution in [0, 0.1) is 0 Å². The lowest BCUT2D eigenvalue weighted by molar-refractivity contribution is -0.161. The van der Waals surface area contributed by atoms with Crippen LogP contribution in [0.25, 0.3) is 0 Å². The largest absolute Gasteiger partial charge is 0.472 e. The van der Waals surface area contributed by atoms with Crippen molar-refractivity contribution in [2.24, 2.45) is 0 Å². The Morgan fingerprint density at radius 3 is 1.77 bits per heavy atom. The number of unbranched alkanes of at least 4 members (excludes halogenated alkanes) is 14. The molecule has 0 aromatic rings. The second kappa shape index (κ2) is 39.2. The summed E-state index contributed by atoms with van der Waals surface area (Å²) in [6.07, 6.45) is 39.0. The molecular weight excluding hydrogens is 735 g/mol. The average molecular weight is 811 g/mol. The third-order valence-corrected chi connectivity index (χ3v) is 9.57. The van der Waals surface area contributed by atoms with E-state index in [1.165, 1.54) is 70.3 Å². The van der Waals surface area contributed by atoms with Gasteiger partial charge in [-0.25, -0.2) is 4.57 Å². The van der Waals surface area contributed by atoms with Crippen molar-refractivity contribution in [3.8, 4) is 0 Å². The summed E-state index contributed by atoms with van der Waals surface area (Å²) in [5, 5.41) is 18.3. The van der Waals surface area contributed by atoms with Gasteiger partial charge in [-0.05, 0) is 70.3 Å². The van der Waals surface area contributed by atoms with Crippen LogP contribution in [0.5, 0.6) is 0 Å². The lowest BCUT2D eigenvalue weighted by atomic mass is 10.1. The van der Waals surface area contributed by atoms with Crippen LogP contribution in [0.1, 0.15) is 162 Å². The average Bonchev–Trinajstić information content (AvgIpc) is 3.18. The maximum absolute atomic E-state index is 12.6. The standard InChI is InChI=1S/C44H75O11P/c1-3-5-7-9-11-13-15-17-18-20-22-24-26-28-30-34-44(49)55-42(39-54-56(50,51)53-37-41(47)36-45)38-52-43(48)35-31-33-40(46)32-29-27-25-23-21-19-16-14-12-10-8-6-4-2/h12-15,19,21,25,27,29,32,41-42,45,47H,3-11,16-18,20,22-24,26,28,30-31,33-39H2,1-2H3,(H,50,51)/b14-12-,15-13-,21-19-,27-25-,32-29+/t41-,42+/m0/s1. The van der Waals surface area contributed by atoms with E-state index in [0.29, 0.717) is 6.42 Å². The molecule has 0 aliphatic rings. The van der Waals surface area contributed by atoms with Gasteiger partial charge in [0.1, 0.15) is 12.7 Å². The summed E-state index contributed by atoms with van der Waals surface area (Å²) in [5.41, 5.74) is 0. The Hall–Kier alpha value is -2.66. The number of ether oxygens (including phenoxy) is 2. The van der Waals surface area contributed by atoms with E-state index in [4.69, 9.17) is 19.1 Å². The number of esters is 2. The van der Waals surface area contributed by atoms with Gasteiger partial charge in [0.2, 0.25) is 0 Å². The van der Waals surface area contributed by atoms with Crippen molar-refractivity contribution in [1.29, 1.82) is 0 Å². The Bertz CT molecular complexity index is 1180. The zero-order chi connectivity index (χ0) is 41.4. The van der Waals surface area contributed by atoms with E-state index in [0.717, 1.165) is 51.4 Å². The smallest absolute Gasteiger partial charge is 0.462 e. The number of hydrogen-bond acceptors (Lipinski definition) is 10. The molecule has 322 valence electrons. The van der Waals surface area contributed by atoms with Gasteiger partial charge in [-0.3, -0.25) is 23.4 Å². The van der Waals surface area contributed by atoms with Crippen molar-refractivity contribution < 1.29 is 52.6 Å². The number of phosphoric ester groups is 1. The van der Waals surface area contributed by atoms with Crippen LogP contribution >= 0.6 is 7.82 Å². The molecular formula is C44H75O11P. The van der Waals surface area contributed by atoms with Crippen LogP contribution < -0.4 is 0 Å². The van der Waals surface area contributed by atoms with Crippen molar-refractivity contribution in [2.75, 3.05) is 26.4 Å². The fraction of sp³-hybridized carbons (Fsp3) is 0.705. The normalized spacial score (nSPS) is 14.4. The number of allylic oxidation sites excluding steroid dienone is 10. The molecule has 0 saturated carbocycles. The molecule has 0 amide bonds. The van der Waals surface area contributed by atoms with Gasteiger partial charge < -0.3 is 24.6 Å². The summed E-state index contributed by atoms with van der Waals surface area (Å²) < 4.78 is 32.5. The van der Waals surface area contributed by atoms with Crippen molar-refractivity contribution in [1.82, 2.24) is 0 Å². The van der Waals surface area contributed by atoms with Crippen LogP contribution in [-0.4, -0.2) is 71.5 Å². The topological polar surface area (TPSA) is 166 Å². The van der Waals surface area contributed by atoms with Gasteiger partial charge >= 0.3 is 19.8 Å². The Balaban J connectivity index is 4.52. The molecule has 0 aliphatic carbocycles. The van der Waals surface area contributed by atoms with E-state index in [1.807, 2.05) is 12.2 Å². The first-order chi connectivity index (χ1) is 27.1. The predicted molar refractivity (Wildman–Crippen MR) is 224 cm³/mol. The third-order valence-electron chi connectivity index (χ3n) is 8.62. The highest BCUT2D eigenvalue weighted by Gasteiger charge is 2.27. The SMILES string of the molecule is CCCCC/C=C\C/C=C\C/C=C\C=C\C(=O)CCCC(=O)OC[C@H](COP(=O)(O)OC[C@@H](O)CO)OC(=O)CCCCCCCCC/C=C\CCCCCC.